The lowest BCUT2D eigenvalue weighted by atomic mass is 10.0. The zero-order chi connectivity index (χ0) is 15.3. The Hall–Kier alpha value is -1.67. The third kappa shape index (κ3) is 4.78. The summed E-state index contributed by atoms with van der Waals surface area (Å²) in [7, 11) is 7.84. The van der Waals surface area contributed by atoms with Crippen molar-refractivity contribution in [3.05, 3.63) is 0 Å². The summed E-state index contributed by atoms with van der Waals surface area (Å²) < 4.78 is 0. The van der Waals surface area contributed by atoms with Crippen LogP contribution in [0.1, 0.15) is 13.8 Å². The van der Waals surface area contributed by atoms with Crippen LogP contribution in [0.4, 0.5) is 17.8 Å². The predicted molar refractivity (Wildman–Crippen MR) is 82.8 cm³/mol. The number of anilines is 3. The van der Waals surface area contributed by atoms with Crippen LogP contribution in [0, 0.1) is 5.92 Å². The quantitative estimate of drug-likeness (QED) is 0.483. The Morgan fingerprint density at radius 3 is 2.10 bits per heavy atom. The highest BCUT2D eigenvalue weighted by atomic mass is 15.4. The van der Waals surface area contributed by atoms with Gasteiger partial charge < -0.3 is 15.1 Å². The Balaban J connectivity index is 2.96. The minimum absolute atomic E-state index is 0.244. The molecule has 0 saturated heterocycles. The Morgan fingerprint density at radius 1 is 1.05 bits per heavy atom. The third-order valence-electron chi connectivity index (χ3n) is 2.83. The van der Waals surface area contributed by atoms with E-state index in [2.05, 4.69) is 44.4 Å². The molecule has 0 bridgehead atoms. The van der Waals surface area contributed by atoms with Crippen molar-refractivity contribution < 1.29 is 0 Å². The maximum Gasteiger partial charge on any atom is 0.243 e. The normalized spacial score (nSPS) is 12.7. The average Bonchev–Trinajstić information content (AvgIpc) is 2.36. The lowest BCUT2D eigenvalue weighted by molar-refractivity contribution is 0.343. The third-order valence-corrected chi connectivity index (χ3v) is 2.83. The molecule has 0 fully saturated rings. The number of nitrogens with one attached hydrogen (secondary N) is 2. The SMILES string of the molecule is CC(C)C(CN(C)C)Nc1nc(NN)nc(N(C)C)n1. The minimum Gasteiger partial charge on any atom is -0.350 e. The first-order valence-electron chi connectivity index (χ1n) is 6.64. The number of nitrogens with two attached hydrogens (primary N) is 1. The number of aromatic nitrogens is 3. The van der Waals surface area contributed by atoms with E-state index in [1.54, 1.807) is 0 Å². The molecule has 1 heterocycles. The molecule has 0 aliphatic rings. The molecule has 114 valence electrons. The van der Waals surface area contributed by atoms with Gasteiger partial charge in [0.15, 0.2) is 0 Å². The second-order valence-electron chi connectivity index (χ2n) is 5.58. The van der Waals surface area contributed by atoms with Crippen LogP contribution in [0.25, 0.3) is 0 Å². The van der Waals surface area contributed by atoms with Gasteiger partial charge in [0.2, 0.25) is 17.8 Å². The number of hydrogen-bond donors (Lipinski definition) is 3. The van der Waals surface area contributed by atoms with Gasteiger partial charge >= 0.3 is 0 Å². The molecule has 0 spiro atoms. The van der Waals surface area contributed by atoms with Crippen molar-refractivity contribution in [3.8, 4) is 0 Å². The van der Waals surface area contributed by atoms with Gasteiger partial charge in [-0.3, -0.25) is 5.43 Å². The second kappa shape index (κ2) is 7.20. The van der Waals surface area contributed by atoms with Gasteiger partial charge in [-0.25, -0.2) is 5.84 Å². The smallest absolute Gasteiger partial charge is 0.243 e. The molecule has 20 heavy (non-hydrogen) atoms. The standard InChI is InChI=1S/C12H26N8/c1-8(2)9(7-19(3)4)14-10-15-11(18-13)17-12(16-10)20(5)6/h8-9H,7,13H2,1-6H3,(H2,14,15,16,17,18). The van der Waals surface area contributed by atoms with Crippen molar-refractivity contribution in [2.24, 2.45) is 11.8 Å². The van der Waals surface area contributed by atoms with E-state index >= 15 is 0 Å². The molecule has 1 aromatic rings. The summed E-state index contributed by atoms with van der Waals surface area (Å²) in [6, 6.07) is 0.244. The molecule has 1 unspecified atom stereocenters. The molecule has 0 aromatic carbocycles. The number of hydrazine groups is 1. The molecule has 4 N–H and O–H groups in total. The number of nitrogens with zero attached hydrogens (tertiary/aromatic N) is 5. The highest BCUT2D eigenvalue weighted by Gasteiger charge is 2.17. The number of rotatable bonds is 7. The fraction of sp³-hybridized carbons (Fsp3) is 0.750. The van der Waals surface area contributed by atoms with Crippen LogP contribution in [-0.2, 0) is 0 Å². The van der Waals surface area contributed by atoms with Crippen LogP contribution in [0.3, 0.4) is 0 Å². The summed E-state index contributed by atoms with van der Waals surface area (Å²) in [5.74, 6) is 7.28. The van der Waals surface area contributed by atoms with Crippen molar-refractivity contribution in [3.63, 3.8) is 0 Å². The van der Waals surface area contributed by atoms with Crippen LogP contribution in [0.15, 0.2) is 0 Å². The van der Waals surface area contributed by atoms with E-state index in [-0.39, 0.29) is 6.04 Å². The Morgan fingerprint density at radius 2 is 1.65 bits per heavy atom. The molecule has 0 amide bonds. The molecule has 1 aromatic heterocycles. The Kier molecular flexibility index (Phi) is 5.90. The first kappa shape index (κ1) is 16.4. The summed E-state index contributed by atoms with van der Waals surface area (Å²) in [5, 5.41) is 3.35. The van der Waals surface area contributed by atoms with E-state index in [4.69, 9.17) is 5.84 Å². The van der Waals surface area contributed by atoms with Crippen molar-refractivity contribution in [1.82, 2.24) is 19.9 Å². The van der Waals surface area contributed by atoms with Crippen molar-refractivity contribution in [2.45, 2.75) is 19.9 Å². The molecule has 8 nitrogen and oxygen atoms in total. The fourth-order valence-corrected chi connectivity index (χ4v) is 1.68. The molecular formula is C12H26N8. The average molecular weight is 282 g/mol. The van der Waals surface area contributed by atoms with E-state index in [0.29, 0.717) is 23.8 Å². The predicted octanol–water partition coefficient (Wildman–Crippen LogP) is 0.221. The fourth-order valence-electron chi connectivity index (χ4n) is 1.68. The van der Waals surface area contributed by atoms with Gasteiger partial charge in [0.25, 0.3) is 0 Å². The van der Waals surface area contributed by atoms with E-state index < -0.39 is 0 Å². The molecule has 0 aliphatic carbocycles. The molecular weight excluding hydrogens is 256 g/mol. The van der Waals surface area contributed by atoms with Crippen LogP contribution in [-0.4, -0.2) is 60.6 Å². The monoisotopic (exact) mass is 282 g/mol. The molecule has 0 aliphatic heterocycles. The van der Waals surface area contributed by atoms with Gasteiger partial charge in [0.1, 0.15) is 0 Å². The van der Waals surface area contributed by atoms with E-state index in [0.717, 1.165) is 6.54 Å². The molecule has 1 atom stereocenters. The van der Waals surface area contributed by atoms with E-state index in [9.17, 15) is 0 Å². The lowest BCUT2D eigenvalue weighted by Crippen LogP contribution is -2.37. The van der Waals surface area contributed by atoms with Gasteiger partial charge in [-0.15, -0.1) is 0 Å². The van der Waals surface area contributed by atoms with Crippen LogP contribution < -0.4 is 21.5 Å². The topological polar surface area (TPSA) is 95.2 Å². The van der Waals surface area contributed by atoms with Crippen LogP contribution >= 0.6 is 0 Å². The summed E-state index contributed by atoms with van der Waals surface area (Å²) >= 11 is 0. The maximum atomic E-state index is 5.40. The number of likely N-dealkylation sites (N-methyl/N-ethyl adjacent to an activating group) is 1. The lowest BCUT2D eigenvalue weighted by Gasteiger charge is -2.26. The van der Waals surface area contributed by atoms with Gasteiger partial charge in [0.05, 0.1) is 0 Å². The zero-order valence-electron chi connectivity index (χ0n) is 13.2. The van der Waals surface area contributed by atoms with Crippen LogP contribution in [0.5, 0.6) is 0 Å². The number of nitrogen functional groups attached to an aromatic ring is 1. The van der Waals surface area contributed by atoms with Crippen molar-refractivity contribution in [1.29, 1.82) is 0 Å². The van der Waals surface area contributed by atoms with E-state index in [1.165, 1.54) is 0 Å². The van der Waals surface area contributed by atoms with Gasteiger partial charge in [-0.05, 0) is 20.0 Å². The summed E-state index contributed by atoms with van der Waals surface area (Å²) in [6.45, 7) is 5.22. The van der Waals surface area contributed by atoms with Gasteiger partial charge in [-0.1, -0.05) is 13.8 Å². The largest absolute Gasteiger partial charge is 0.350 e. The van der Waals surface area contributed by atoms with Crippen molar-refractivity contribution in [2.75, 3.05) is 50.4 Å². The summed E-state index contributed by atoms with van der Waals surface area (Å²) in [5.41, 5.74) is 2.47. The Labute approximate surface area is 120 Å². The first-order chi connectivity index (χ1) is 9.33. The van der Waals surface area contributed by atoms with Crippen molar-refractivity contribution >= 4 is 17.8 Å². The summed E-state index contributed by atoms with van der Waals surface area (Å²) in [6.07, 6.45) is 0. The zero-order valence-corrected chi connectivity index (χ0v) is 13.2. The summed E-state index contributed by atoms with van der Waals surface area (Å²) in [4.78, 5) is 16.8. The van der Waals surface area contributed by atoms with Gasteiger partial charge in [-0.2, -0.15) is 15.0 Å². The second-order valence-corrected chi connectivity index (χ2v) is 5.58. The van der Waals surface area contributed by atoms with Gasteiger partial charge in [0, 0.05) is 26.7 Å². The minimum atomic E-state index is 0.244. The highest BCUT2D eigenvalue weighted by Crippen LogP contribution is 2.14. The molecule has 0 saturated carbocycles. The molecule has 0 radical (unpaired) electrons. The first-order valence-corrected chi connectivity index (χ1v) is 6.64. The molecule has 1 rings (SSSR count). The number of hydrogen-bond acceptors (Lipinski definition) is 8. The maximum absolute atomic E-state index is 5.40. The Bertz CT molecular complexity index is 418. The van der Waals surface area contributed by atoms with E-state index in [1.807, 2.05) is 33.1 Å². The highest BCUT2D eigenvalue weighted by molar-refractivity contribution is 5.42. The molecule has 8 heteroatoms. The van der Waals surface area contributed by atoms with Crippen LogP contribution in [0.2, 0.25) is 0 Å².